The minimum Gasteiger partial charge on any atom is -0.493 e. The van der Waals surface area contributed by atoms with Crippen LogP contribution in [0.1, 0.15) is 48.7 Å². The van der Waals surface area contributed by atoms with Crippen molar-refractivity contribution in [3.8, 4) is 17.3 Å². The van der Waals surface area contributed by atoms with Gasteiger partial charge in [-0.1, -0.05) is 30.3 Å². The van der Waals surface area contributed by atoms with Crippen LogP contribution < -0.4 is 16.4 Å². The number of β-lactam (4-membered cyclic amide) rings is 1. The Kier molecular flexibility index (Phi) is 11.6. The van der Waals surface area contributed by atoms with E-state index in [2.05, 4.69) is 9.97 Å². The third kappa shape index (κ3) is 7.79. The monoisotopic (exact) mass is 745 g/mol. The predicted octanol–water partition coefficient (Wildman–Crippen LogP) is 1.32. The van der Waals surface area contributed by atoms with Crippen LogP contribution in [-0.4, -0.2) is 102 Å². The number of imide groups is 2. The van der Waals surface area contributed by atoms with E-state index in [4.69, 9.17) is 16.2 Å². The fourth-order valence-electron chi connectivity index (χ4n) is 5.80. The van der Waals surface area contributed by atoms with Crippen LogP contribution in [0.5, 0.6) is 5.88 Å². The SMILES string of the molecule is CC(=O)OCC1=C(C(=O)O)N2C(=O)C(N(C(=O)c3cnc(-c4ccc(N(C(C)=O)C(=O)CCCN)cc4)nc3O)C(=O)C(N)c3ccccc3)[C@@H]2SC1. The normalized spacial score (nSPS) is 16.9. The van der Waals surface area contributed by atoms with Gasteiger partial charge >= 0.3 is 11.9 Å². The molecule has 0 bridgehead atoms. The molecule has 53 heavy (non-hydrogen) atoms. The Bertz CT molecular complexity index is 2010. The van der Waals surface area contributed by atoms with Crippen molar-refractivity contribution in [2.75, 3.05) is 23.8 Å². The highest BCUT2D eigenvalue weighted by molar-refractivity contribution is 8.00. The third-order valence-corrected chi connectivity index (χ3v) is 9.70. The van der Waals surface area contributed by atoms with Crippen molar-refractivity contribution in [3.05, 3.63) is 83.2 Å². The number of rotatable bonds is 12. The minimum atomic E-state index is -1.54. The lowest BCUT2D eigenvalue weighted by atomic mass is 9.98. The number of nitrogens with two attached hydrogens (primary N) is 2. The molecule has 1 aromatic heterocycles. The lowest BCUT2D eigenvalue weighted by molar-refractivity contribution is -0.157. The molecule has 2 aliphatic heterocycles. The zero-order chi connectivity index (χ0) is 38.6. The van der Waals surface area contributed by atoms with Crippen LogP contribution in [0, 0.1) is 0 Å². The van der Waals surface area contributed by atoms with Crippen molar-refractivity contribution >= 4 is 58.9 Å². The molecule has 2 aromatic carbocycles. The largest absolute Gasteiger partial charge is 0.493 e. The Balaban J connectivity index is 1.47. The lowest BCUT2D eigenvalue weighted by Gasteiger charge is -2.52. The molecule has 3 heterocycles. The van der Waals surface area contributed by atoms with E-state index in [0.717, 1.165) is 34.7 Å². The van der Waals surface area contributed by atoms with Gasteiger partial charge in [0.05, 0.1) is 5.69 Å². The third-order valence-electron chi connectivity index (χ3n) is 8.37. The summed E-state index contributed by atoms with van der Waals surface area (Å²) in [6.07, 6.45) is 1.43. The number of hydrogen-bond donors (Lipinski definition) is 4. The van der Waals surface area contributed by atoms with E-state index in [9.17, 15) is 43.8 Å². The molecule has 0 spiro atoms. The zero-order valence-electron chi connectivity index (χ0n) is 28.5. The van der Waals surface area contributed by atoms with Gasteiger partial charge < -0.3 is 26.4 Å². The van der Waals surface area contributed by atoms with Crippen LogP contribution >= 0.6 is 11.8 Å². The molecule has 18 heteroatoms. The molecule has 0 aliphatic carbocycles. The number of esters is 1. The highest BCUT2D eigenvalue weighted by atomic mass is 32.2. The van der Waals surface area contributed by atoms with Gasteiger partial charge in [0.25, 0.3) is 17.7 Å². The topological polar surface area (TPSA) is 257 Å². The number of nitrogens with zero attached hydrogens (tertiary/aromatic N) is 5. The maximum Gasteiger partial charge on any atom is 0.352 e. The molecule has 1 fully saturated rings. The van der Waals surface area contributed by atoms with Crippen LogP contribution in [0.15, 0.2) is 72.1 Å². The van der Waals surface area contributed by atoms with Gasteiger partial charge in [0.15, 0.2) is 5.82 Å². The smallest absolute Gasteiger partial charge is 0.352 e. The average molecular weight is 746 g/mol. The molecule has 1 saturated heterocycles. The number of hydrogen-bond acceptors (Lipinski definition) is 14. The van der Waals surface area contributed by atoms with E-state index in [-0.39, 0.29) is 42.4 Å². The van der Waals surface area contributed by atoms with E-state index in [1.54, 1.807) is 30.3 Å². The number of anilines is 1. The second kappa shape index (κ2) is 16.1. The molecule has 276 valence electrons. The van der Waals surface area contributed by atoms with Crippen LogP contribution in [0.25, 0.3) is 11.4 Å². The lowest BCUT2D eigenvalue weighted by Crippen LogP contribution is -2.72. The Morgan fingerprint density at radius 3 is 2.32 bits per heavy atom. The second-order valence-corrected chi connectivity index (χ2v) is 13.0. The number of carboxylic acids is 1. The Morgan fingerprint density at radius 2 is 1.74 bits per heavy atom. The number of aliphatic carboxylic acids is 1. The van der Waals surface area contributed by atoms with Gasteiger partial charge in [-0.05, 0) is 42.8 Å². The number of carbonyl (C=O) groups excluding carboxylic acids is 6. The molecule has 5 amide bonds. The van der Waals surface area contributed by atoms with E-state index in [1.807, 2.05) is 0 Å². The first kappa shape index (κ1) is 38.3. The van der Waals surface area contributed by atoms with Crippen LogP contribution in [0.3, 0.4) is 0 Å². The molecular formula is C35H35N7O10S. The summed E-state index contributed by atoms with van der Waals surface area (Å²) in [5, 5.41) is 20.0. The van der Waals surface area contributed by atoms with Crippen molar-refractivity contribution in [1.29, 1.82) is 0 Å². The quantitative estimate of drug-likeness (QED) is 0.151. The van der Waals surface area contributed by atoms with E-state index in [0.29, 0.717) is 22.4 Å². The number of carboxylic acid groups (broad SMARTS) is 1. The second-order valence-electron chi connectivity index (χ2n) is 11.9. The van der Waals surface area contributed by atoms with E-state index >= 15 is 0 Å². The molecule has 5 rings (SSSR count). The Hall–Kier alpha value is -5.98. The number of fused-ring (bicyclic) bond motifs is 1. The molecule has 0 radical (unpaired) electrons. The van der Waals surface area contributed by atoms with Crippen LogP contribution in [0.4, 0.5) is 5.69 Å². The van der Waals surface area contributed by atoms with E-state index in [1.165, 1.54) is 31.2 Å². The number of aromatic hydroxyl groups is 1. The molecule has 3 atom stereocenters. The minimum absolute atomic E-state index is 0.00525. The first-order valence-corrected chi connectivity index (χ1v) is 17.2. The van der Waals surface area contributed by atoms with Crippen molar-refractivity contribution in [2.24, 2.45) is 11.5 Å². The summed E-state index contributed by atoms with van der Waals surface area (Å²) in [7, 11) is 0. The van der Waals surface area contributed by atoms with Gasteiger partial charge in [-0.2, -0.15) is 4.98 Å². The molecule has 6 N–H and O–H groups in total. The Morgan fingerprint density at radius 1 is 1.06 bits per heavy atom. The average Bonchev–Trinajstić information content (AvgIpc) is 3.14. The van der Waals surface area contributed by atoms with Crippen LogP contribution in [-0.2, 0) is 33.5 Å². The maximum atomic E-state index is 14.2. The maximum absolute atomic E-state index is 14.2. The summed E-state index contributed by atoms with van der Waals surface area (Å²) in [6, 6.07) is 11.0. The molecule has 17 nitrogen and oxygen atoms in total. The fourth-order valence-corrected chi connectivity index (χ4v) is 7.17. The summed E-state index contributed by atoms with van der Waals surface area (Å²) < 4.78 is 4.98. The van der Waals surface area contributed by atoms with Crippen molar-refractivity contribution < 1.29 is 48.5 Å². The number of carbonyl (C=O) groups is 7. The summed E-state index contributed by atoms with van der Waals surface area (Å²) >= 11 is 1.05. The fraction of sp³-hybridized carbons (Fsp3) is 0.286. The molecule has 3 aromatic rings. The van der Waals surface area contributed by atoms with Gasteiger partial charge in [0.2, 0.25) is 17.7 Å². The number of amides is 5. The molecule has 0 saturated carbocycles. The summed E-state index contributed by atoms with van der Waals surface area (Å²) in [5.41, 5.74) is 11.9. The highest BCUT2D eigenvalue weighted by Gasteiger charge is 2.59. The number of benzene rings is 2. The highest BCUT2D eigenvalue weighted by Crippen LogP contribution is 2.43. The van der Waals surface area contributed by atoms with Gasteiger partial charge in [0, 0.05) is 43.4 Å². The molecule has 2 aliphatic rings. The van der Waals surface area contributed by atoms with Crippen molar-refractivity contribution in [1.82, 2.24) is 19.8 Å². The Labute approximate surface area is 306 Å². The predicted molar refractivity (Wildman–Crippen MR) is 188 cm³/mol. The standard InChI is InChI=1S/C35H35N7O10S/c1-18(43)40(25(45)9-6-14-36)23-12-10-21(11-13-23)29-38-15-24(30(46)39-29)31(47)41(32(48)26(37)20-7-4-3-5-8-20)28-33(49)42-27(35(50)51)22(16-52-19(2)44)17-53-34(28)42/h3-5,7-8,10-13,15,26,28,34H,6,9,14,16-17,36-37H2,1-2H3,(H,50,51)(H,38,39,46)/t26?,28?,34-/m0/s1. The van der Waals surface area contributed by atoms with Gasteiger partial charge in [0.1, 0.15) is 35.3 Å². The summed E-state index contributed by atoms with van der Waals surface area (Å²) in [5.74, 6) is -7.07. The van der Waals surface area contributed by atoms with Gasteiger partial charge in [-0.15, -0.1) is 11.8 Å². The number of thioether (sulfide) groups is 1. The summed E-state index contributed by atoms with van der Waals surface area (Å²) in [4.78, 5) is 101. The first-order chi connectivity index (χ1) is 25.3. The van der Waals surface area contributed by atoms with Gasteiger partial charge in [-0.25, -0.2) is 9.78 Å². The van der Waals surface area contributed by atoms with Crippen LogP contribution in [0.2, 0.25) is 0 Å². The van der Waals surface area contributed by atoms with Crippen molar-refractivity contribution in [2.45, 2.75) is 44.1 Å². The van der Waals surface area contributed by atoms with Crippen molar-refractivity contribution in [3.63, 3.8) is 0 Å². The first-order valence-electron chi connectivity index (χ1n) is 16.2. The zero-order valence-corrected chi connectivity index (χ0v) is 29.3. The molecular weight excluding hydrogens is 710 g/mol. The number of ether oxygens (including phenoxy) is 1. The summed E-state index contributed by atoms with van der Waals surface area (Å²) in [6.45, 7) is 2.29. The van der Waals surface area contributed by atoms with Gasteiger partial charge in [-0.3, -0.25) is 43.5 Å². The molecule has 2 unspecified atom stereocenters. The number of aromatic nitrogens is 2. The van der Waals surface area contributed by atoms with E-state index < -0.39 is 76.1 Å².